The smallest absolute Gasteiger partial charge is 0.302 e. The molecule has 2 heterocycles. The molecule has 11 heteroatoms. The van der Waals surface area contributed by atoms with Gasteiger partial charge in [-0.15, -0.1) is 0 Å². The largest absolute Gasteiger partial charge is 0.340 e. The van der Waals surface area contributed by atoms with Crippen molar-refractivity contribution in [2.24, 2.45) is 5.92 Å². The summed E-state index contributed by atoms with van der Waals surface area (Å²) in [6, 6.07) is 14.6. The van der Waals surface area contributed by atoms with E-state index < -0.39 is 53.0 Å². The van der Waals surface area contributed by atoms with Crippen LogP contribution in [0.2, 0.25) is 0 Å². The molecule has 9 nitrogen and oxygen atoms in total. The van der Waals surface area contributed by atoms with Crippen molar-refractivity contribution in [3.8, 4) is 11.1 Å². The van der Waals surface area contributed by atoms with Crippen molar-refractivity contribution in [3.05, 3.63) is 101 Å². The highest BCUT2D eigenvalue weighted by molar-refractivity contribution is 6.07. The lowest BCUT2D eigenvalue weighted by Gasteiger charge is -2.33. The van der Waals surface area contributed by atoms with E-state index in [1.165, 1.54) is 60.2 Å². The van der Waals surface area contributed by atoms with Crippen LogP contribution < -0.4 is 10.6 Å². The van der Waals surface area contributed by atoms with E-state index in [9.17, 15) is 23.6 Å². The van der Waals surface area contributed by atoms with Crippen LogP contribution in [-0.4, -0.2) is 65.3 Å². The van der Waals surface area contributed by atoms with Gasteiger partial charge in [0, 0.05) is 19.3 Å². The first-order valence-electron chi connectivity index (χ1n) is 15.1. The number of nitrogens with one attached hydrogen (secondary N) is 2. The number of anilines is 1. The fourth-order valence-electron chi connectivity index (χ4n) is 6.33. The monoisotopic (exact) mass is 627 g/mol. The van der Waals surface area contributed by atoms with Crippen molar-refractivity contribution in [3.63, 3.8) is 0 Å². The second-order valence-corrected chi connectivity index (χ2v) is 12.4. The van der Waals surface area contributed by atoms with Gasteiger partial charge in [0.15, 0.2) is 0 Å². The molecule has 2 N–H and O–H groups in total. The number of rotatable bonds is 8. The van der Waals surface area contributed by atoms with Crippen LogP contribution in [0.4, 0.5) is 14.5 Å². The molecule has 0 bridgehead atoms. The molecule has 1 saturated heterocycles. The van der Waals surface area contributed by atoms with Crippen molar-refractivity contribution >= 4 is 29.3 Å². The van der Waals surface area contributed by atoms with E-state index in [-0.39, 0.29) is 36.8 Å². The first kappa shape index (κ1) is 32.3. The van der Waals surface area contributed by atoms with Gasteiger partial charge in [-0.2, -0.15) is 0 Å². The number of hydrogen-bond donors (Lipinski definition) is 2. The molecule has 46 heavy (non-hydrogen) atoms. The average Bonchev–Trinajstić information content (AvgIpc) is 3.56. The third-order valence-electron chi connectivity index (χ3n) is 8.79. The minimum atomic E-state index is -1.12. The van der Waals surface area contributed by atoms with Crippen LogP contribution in [0.15, 0.2) is 66.7 Å². The van der Waals surface area contributed by atoms with Crippen molar-refractivity contribution < 1.29 is 28.0 Å². The highest BCUT2D eigenvalue weighted by Gasteiger charge is 2.59. The number of para-hydroxylation sites is 1. The molecular weight excluding hydrogens is 592 g/mol. The van der Waals surface area contributed by atoms with Gasteiger partial charge in [0.25, 0.3) is 11.8 Å². The number of likely N-dealkylation sites (N-methyl/N-ethyl adjacent to an activating group) is 1. The van der Waals surface area contributed by atoms with E-state index in [1.807, 2.05) is 26.0 Å². The average molecular weight is 628 g/mol. The van der Waals surface area contributed by atoms with E-state index in [0.29, 0.717) is 16.8 Å². The summed E-state index contributed by atoms with van der Waals surface area (Å²) in [4.78, 5) is 60.3. The van der Waals surface area contributed by atoms with Gasteiger partial charge in [0.1, 0.15) is 29.1 Å². The Kier molecular flexibility index (Phi) is 8.92. The third kappa shape index (κ3) is 5.95. The molecular formula is C35H35F2N5O4. The predicted octanol–water partition coefficient (Wildman–Crippen LogP) is 4.99. The van der Waals surface area contributed by atoms with Gasteiger partial charge in [0.05, 0.1) is 12.0 Å². The zero-order chi connectivity index (χ0) is 33.3. The summed E-state index contributed by atoms with van der Waals surface area (Å²) in [5, 5.41) is 5.41. The molecule has 0 saturated carbocycles. The third-order valence-corrected chi connectivity index (χ3v) is 8.79. The molecule has 3 aromatic rings. The lowest BCUT2D eigenvalue weighted by atomic mass is 9.80. The molecule has 238 valence electrons. The Hall–Kier alpha value is -5.11. The van der Waals surface area contributed by atoms with Crippen LogP contribution in [0.25, 0.3) is 16.0 Å². The number of carbonyl (C=O) groups is 4. The Balaban J connectivity index is 1.32. The summed E-state index contributed by atoms with van der Waals surface area (Å²) in [5.74, 6) is -3.37. The SMILES string of the molecule is [C-]#[N+][C@@H]1C[C@@]2(CN1C(=O)[C@H](CC(C)C)N(C)C(=O)[C@H](C)NC(=O)c1ccc(-c3ccc(F)cc3)cc1F)C(=O)Nc1ccccc12. The van der Waals surface area contributed by atoms with Gasteiger partial charge in [-0.05, 0) is 66.3 Å². The Labute approximate surface area is 266 Å². The summed E-state index contributed by atoms with van der Waals surface area (Å²) in [7, 11) is 1.46. The molecule has 1 spiro atoms. The molecule has 5 rings (SSSR count). The topological polar surface area (TPSA) is 103 Å². The Morgan fingerprint density at radius 3 is 2.39 bits per heavy atom. The van der Waals surface area contributed by atoms with Gasteiger partial charge >= 0.3 is 6.17 Å². The van der Waals surface area contributed by atoms with Crippen LogP contribution in [0.3, 0.4) is 0 Å². The lowest BCUT2D eigenvalue weighted by Crippen LogP contribution is -2.55. The van der Waals surface area contributed by atoms with E-state index in [4.69, 9.17) is 6.57 Å². The minimum Gasteiger partial charge on any atom is -0.340 e. The number of carbonyl (C=O) groups excluding carboxylic acids is 4. The number of nitrogens with zero attached hydrogens (tertiary/aromatic N) is 3. The molecule has 2 aliphatic rings. The summed E-state index contributed by atoms with van der Waals surface area (Å²) in [6.07, 6.45) is -0.492. The van der Waals surface area contributed by atoms with E-state index in [1.54, 1.807) is 12.1 Å². The molecule has 2 aliphatic heterocycles. The standard InChI is InChI=1S/C35H35F2N5O4/c1-20(2)16-29(33(45)42-19-35(18-30(42)38-4)26-8-6-7-9-28(26)40-34(35)46)41(5)32(44)21(3)39-31(43)25-15-12-23(17-27(25)37)22-10-13-24(36)14-11-22/h6-15,17,20-21,29-30H,16,18-19H2,1-3,5H3,(H,39,43)(H,40,46)/t21-,29-,30-,35-/m0/s1. The minimum absolute atomic E-state index is 0.00215. The summed E-state index contributed by atoms with van der Waals surface area (Å²) < 4.78 is 28.3. The fraction of sp³-hybridized carbons (Fsp3) is 0.343. The van der Waals surface area contributed by atoms with Gasteiger partial charge in [-0.3, -0.25) is 28.9 Å². The van der Waals surface area contributed by atoms with Gasteiger partial charge in [-0.1, -0.05) is 50.2 Å². The molecule has 4 amide bonds. The lowest BCUT2D eigenvalue weighted by molar-refractivity contribution is -0.146. The zero-order valence-corrected chi connectivity index (χ0v) is 26.0. The quantitative estimate of drug-likeness (QED) is 0.344. The molecule has 0 radical (unpaired) electrons. The Morgan fingerprint density at radius 2 is 1.74 bits per heavy atom. The molecule has 0 unspecified atom stereocenters. The molecule has 4 atom stereocenters. The van der Waals surface area contributed by atoms with Crippen molar-refractivity contribution in [1.82, 2.24) is 15.1 Å². The van der Waals surface area contributed by atoms with Gasteiger partial charge in [0.2, 0.25) is 11.8 Å². The highest BCUT2D eigenvalue weighted by Crippen LogP contribution is 2.47. The second-order valence-electron chi connectivity index (χ2n) is 12.4. The number of amides is 4. The second kappa shape index (κ2) is 12.7. The number of halogens is 2. The predicted molar refractivity (Wildman–Crippen MR) is 168 cm³/mol. The highest BCUT2D eigenvalue weighted by atomic mass is 19.1. The number of benzene rings is 3. The van der Waals surface area contributed by atoms with Gasteiger partial charge < -0.3 is 15.5 Å². The van der Waals surface area contributed by atoms with E-state index in [2.05, 4.69) is 15.5 Å². The van der Waals surface area contributed by atoms with Crippen molar-refractivity contribution in [1.29, 1.82) is 0 Å². The van der Waals surface area contributed by atoms with Crippen LogP contribution in [0.5, 0.6) is 0 Å². The maximum absolute atomic E-state index is 15.0. The normalized spacial score (nSPS) is 19.7. The Bertz CT molecular complexity index is 1740. The van der Waals surface area contributed by atoms with Gasteiger partial charge in [-0.25, -0.2) is 15.4 Å². The number of likely N-dealkylation sites (tertiary alicyclic amines) is 1. The van der Waals surface area contributed by atoms with Crippen LogP contribution in [0, 0.1) is 24.1 Å². The first-order chi connectivity index (χ1) is 21.9. The zero-order valence-electron chi connectivity index (χ0n) is 26.0. The fourth-order valence-corrected chi connectivity index (χ4v) is 6.33. The van der Waals surface area contributed by atoms with E-state index in [0.717, 1.165) is 11.6 Å². The summed E-state index contributed by atoms with van der Waals surface area (Å²) in [6.45, 7) is 13.1. The number of fused-ring (bicyclic) bond motifs is 2. The molecule has 3 aromatic carbocycles. The molecule has 1 fully saturated rings. The number of hydrogen-bond acceptors (Lipinski definition) is 4. The van der Waals surface area contributed by atoms with Crippen LogP contribution in [0.1, 0.15) is 49.5 Å². The van der Waals surface area contributed by atoms with E-state index >= 15 is 4.39 Å². The maximum Gasteiger partial charge on any atom is 0.302 e. The molecule has 0 aromatic heterocycles. The summed E-state index contributed by atoms with van der Waals surface area (Å²) >= 11 is 0. The maximum atomic E-state index is 15.0. The Morgan fingerprint density at radius 1 is 1.07 bits per heavy atom. The first-order valence-corrected chi connectivity index (χ1v) is 15.1. The van der Waals surface area contributed by atoms with Crippen molar-refractivity contribution in [2.75, 3.05) is 18.9 Å². The van der Waals surface area contributed by atoms with Crippen LogP contribution >= 0.6 is 0 Å². The van der Waals surface area contributed by atoms with Crippen LogP contribution in [-0.2, 0) is 19.8 Å². The summed E-state index contributed by atoms with van der Waals surface area (Å²) in [5.41, 5.74) is 1.07. The molecule has 0 aliphatic carbocycles. The van der Waals surface area contributed by atoms with Crippen molar-refractivity contribution in [2.45, 2.75) is 57.3 Å².